The molecule has 1 saturated heterocycles. The molecule has 0 spiro atoms. The average Bonchev–Trinajstić information content (AvgIpc) is 2.67. The summed E-state index contributed by atoms with van der Waals surface area (Å²) in [5.41, 5.74) is 2.11. The fourth-order valence-electron chi connectivity index (χ4n) is 3.25. The minimum absolute atomic E-state index is 0.116. The van der Waals surface area contributed by atoms with E-state index in [2.05, 4.69) is 9.97 Å². The Morgan fingerprint density at radius 3 is 2.92 bits per heavy atom. The Morgan fingerprint density at radius 1 is 1.28 bits per heavy atom. The van der Waals surface area contributed by atoms with Gasteiger partial charge in [0.05, 0.1) is 11.3 Å². The third kappa shape index (κ3) is 4.41. The highest BCUT2D eigenvalue weighted by Gasteiger charge is 2.25. The van der Waals surface area contributed by atoms with Crippen molar-refractivity contribution in [2.75, 3.05) is 13.1 Å². The lowest BCUT2D eigenvalue weighted by Crippen LogP contribution is -2.39. The molecule has 0 saturated carbocycles. The molecule has 0 bridgehead atoms. The third-order valence-corrected chi connectivity index (χ3v) is 4.59. The minimum atomic E-state index is -0.922. The van der Waals surface area contributed by atoms with Crippen LogP contribution < -0.4 is 0 Å². The van der Waals surface area contributed by atoms with Crippen LogP contribution in [-0.2, 0) is 11.2 Å². The monoisotopic (exact) mass is 339 g/mol. The molecule has 1 aliphatic rings. The second kappa shape index (κ2) is 7.88. The van der Waals surface area contributed by atoms with E-state index in [0.717, 1.165) is 30.6 Å². The number of aromatic nitrogens is 2. The van der Waals surface area contributed by atoms with Crippen molar-refractivity contribution in [1.29, 1.82) is 0 Å². The molecule has 0 unspecified atom stereocenters. The maximum atomic E-state index is 12.5. The molecule has 6 heteroatoms. The van der Waals surface area contributed by atoms with Crippen molar-refractivity contribution >= 4 is 11.9 Å². The number of carbonyl (C=O) groups excluding carboxylic acids is 1. The Labute approximate surface area is 146 Å². The van der Waals surface area contributed by atoms with Gasteiger partial charge in [-0.25, -0.2) is 4.79 Å². The molecule has 6 nitrogen and oxygen atoms in total. The zero-order valence-electron chi connectivity index (χ0n) is 14.0. The van der Waals surface area contributed by atoms with Crippen molar-refractivity contribution in [2.24, 2.45) is 0 Å². The van der Waals surface area contributed by atoms with E-state index < -0.39 is 5.97 Å². The number of hydrogen-bond acceptors (Lipinski definition) is 4. The normalized spacial score (nSPS) is 17.3. The average molecular weight is 339 g/mol. The lowest BCUT2D eigenvalue weighted by Gasteiger charge is -2.33. The van der Waals surface area contributed by atoms with E-state index in [4.69, 9.17) is 5.11 Å². The van der Waals surface area contributed by atoms with Crippen LogP contribution in [0, 0.1) is 0 Å². The smallest absolute Gasteiger partial charge is 0.335 e. The highest BCUT2D eigenvalue weighted by Crippen LogP contribution is 2.28. The van der Waals surface area contributed by atoms with Gasteiger partial charge in [-0.2, -0.15) is 0 Å². The Kier molecular flexibility index (Phi) is 5.38. The summed E-state index contributed by atoms with van der Waals surface area (Å²) in [4.78, 5) is 33.8. The second-order valence-electron chi connectivity index (χ2n) is 6.31. The third-order valence-electron chi connectivity index (χ3n) is 4.59. The first kappa shape index (κ1) is 17.1. The molecule has 1 aromatic carbocycles. The van der Waals surface area contributed by atoms with Gasteiger partial charge in [0.2, 0.25) is 5.91 Å². The Hall–Kier alpha value is -2.76. The number of rotatable bonds is 5. The molecular weight excluding hydrogens is 318 g/mol. The molecule has 3 rings (SSSR count). The summed E-state index contributed by atoms with van der Waals surface area (Å²) in [6.45, 7) is 1.40. The zero-order chi connectivity index (χ0) is 17.6. The number of amides is 1. The summed E-state index contributed by atoms with van der Waals surface area (Å²) in [6.07, 6.45) is 7.83. The molecule has 25 heavy (non-hydrogen) atoms. The molecule has 0 aliphatic carbocycles. The molecule has 1 atom stereocenters. The molecule has 1 aromatic heterocycles. The summed E-state index contributed by atoms with van der Waals surface area (Å²) in [6, 6.07) is 7.04. The molecule has 1 aliphatic heterocycles. The Balaban J connectivity index is 1.61. The zero-order valence-corrected chi connectivity index (χ0v) is 14.0. The van der Waals surface area contributed by atoms with Crippen LogP contribution in [0.15, 0.2) is 42.9 Å². The van der Waals surface area contributed by atoms with Gasteiger partial charge in [-0.1, -0.05) is 12.1 Å². The van der Waals surface area contributed by atoms with Crippen LogP contribution in [0.1, 0.15) is 46.8 Å². The van der Waals surface area contributed by atoms with Crippen molar-refractivity contribution in [2.45, 2.75) is 31.6 Å². The van der Waals surface area contributed by atoms with E-state index in [9.17, 15) is 9.59 Å². The van der Waals surface area contributed by atoms with Gasteiger partial charge in [-0.15, -0.1) is 0 Å². The molecular formula is C19H21N3O3. The second-order valence-corrected chi connectivity index (χ2v) is 6.31. The highest BCUT2D eigenvalue weighted by molar-refractivity contribution is 5.87. The first-order valence-electron chi connectivity index (χ1n) is 8.49. The number of carbonyl (C=O) groups is 2. The van der Waals surface area contributed by atoms with Crippen molar-refractivity contribution in [3.05, 3.63) is 59.7 Å². The van der Waals surface area contributed by atoms with E-state index in [1.54, 1.807) is 36.8 Å². The van der Waals surface area contributed by atoms with Crippen molar-refractivity contribution in [1.82, 2.24) is 14.9 Å². The SMILES string of the molecule is O=C(O)c1cccc([C@H]2CCCN(C(=O)CCc3cnccn3)C2)c1. The fraction of sp³-hybridized carbons (Fsp3) is 0.368. The van der Waals surface area contributed by atoms with Crippen molar-refractivity contribution < 1.29 is 14.7 Å². The van der Waals surface area contributed by atoms with E-state index in [0.29, 0.717) is 24.9 Å². The standard InChI is InChI=1S/C19H21N3O3/c23-18(7-6-17-12-20-8-9-21-17)22-10-2-5-16(13-22)14-3-1-4-15(11-14)19(24)25/h1,3-4,8-9,11-12,16H,2,5-7,10,13H2,(H,24,25)/t16-/m0/s1. The van der Waals surface area contributed by atoms with Crippen LogP contribution in [0.2, 0.25) is 0 Å². The van der Waals surface area contributed by atoms with Crippen LogP contribution in [0.4, 0.5) is 0 Å². The van der Waals surface area contributed by atoms with Gasteiger partial charge >= 0.3 is 5.97 Å². The van der Waals surface area contributed by atoms with Gasteiger partial charge in [0.25, 0.3) is 0 Å². The number of aromatic carboxylic acids is 1. The van der Waals surface area contributed by atoms with Gasteiger partial charge in [0.1, 0.15) is 0 Å². The highest BCUT2D eigenvalue weighted by atomic mass is 16.4. The van der Waals surface area contributed by atoms with E-state index in [1.807, 2.05) is 11.0 Å². The maximum absolute atomic E-state index is 12.5. The lowest BCUT2D eigenvalue weighted by molar-refractivity contribution is -0.132. The summed E-state index contributed by atoms with van der Waals surface area (Å²) in [7, 11) is 0. The summed E-state index contributed by atoms with van der Waals surface area (Å²) in [5.74, 6) is -0.618. The summed E-state index contributed by atoms with van der Waals surface area (Å²) < 4.78 is 0. The van der Waals surface area contributed by atoms with Gasteiger partial charge in [0, 0.05) is 44.0 Å². The molecule has 2 heterocycles. The number of carboxylic acid groups (broad SMARTS) is 1. The van der Waals surface area contributed by atoms with Crippen LogP contribution in [0.5, 0.6) is 0 Å². The van der Waals surface area contributed by atoms with Gasteiger partial charge < -0.3 is 10.0 Å². The van der Waals surface area contributed by atoms with E-state index >= 15 is 0 Å². The quantitative estimate of drug-likeness (QED) is 0.905. The maximum Gasteiger partial charge on any atom is 0.335 e. The summed E-state index contributed by atoms with van der Waals surface area (Å²) >= 11 is 0. The van der Waals surface area contributed by atoms with Gasteiger partial charge in [0.15, 0.2) is 0 Å². The van der Waals surface area contributed by atoms with Crippen LogP contribution in [0.25, 0.3) is 0 Å². The number of carboxylic acids is 1. The van der Waals surface area contributed by atoms with Crippen molar-refractivity contribution in [3.63, 3.8) is 0 Å². The molecule has 1 amide bonds. The molecule has 2 aromatic rings. The number of nitrogens with zero attached hydrogens (tertiary/aromatic N) is 3. The van der Waals surface area contributed by atoms with Crippen molar-refractivity contribution in [3.8, 4) is 0 Å². The fourth-order valence-corrected chi connectivity index (χ4v) is 3.25. The van der Waals surface area contributed by atoms with Crippen LogP contribution in [0.3, 0.4) is 0 Å². The number of benzene rings is 1. The predicted octanol–water partition coefficient (Wildman–Crippen LogP) is 2.51. The molecule has 1 fully saturated rings. The van der Waals surface area contributed by atoms with Crippen LogP contribution in [-0.4, -0.2) is 44.9 Å². The summed E-state index contributed by atoms with van der Waals surface area (Å²) in [5, 5.41) is 9.15. The number of hydrogen-bond donors (Lipinski definition) is 1. The topological polar surface area (TPSA) is 83.4 Å². The minimum Gasteiger partial charge on any atom is -0.478 e. The predicted molar refractivity (Wildman–Crippen MR) is 92.3 cm³/mol. The van der Waals surface area contributed by atoms with E-state index in [-0.39, 0.29) is 11.8 Å². The van der Waals surface area contributed by atoms with E-state index in [1.165, 1.54) is 0 Å². The first-order valence-corrected chi connectivity index (χ1v) is 8.49. The van der Waals surface area contributed by atoms with Crippen LogP contribution >= 0.6 is 0 Å². The molecule has 0 radical (unpaired) electrons. The Bertz CT molecular complexity index is 749. The number of aryl methyl sites for hydroxylation is 1. The lowest BCUT2D eigenvalue weighted by atomic mass is 9.89. The van der Waals surface area contributed by atoms with Gasteiger partial charge in [-0.3, -0.25) is 14.8 Å². The van der Waals surface area contributed by atoms with Gasteiger partial charge in [-0.05, 0) is 37.0 Å². The Morgan fingerprint density at radius 2 is 2.16 bits per heavy atom. The number of likely N-dealkylation sites (tertiary alicyclic amines) is 1. The largest absolute Gasteiger partial charge is 0.478 e. The molecule has 130 valence electrons. The molecule has 1 N–H and O–H groups in total. The first-order chi connectivity index (χ1) is 12.1. The number of piperidine rings is 1.